The highest BCUT2D eigenvalue weighted by atomic mass is 32.2. The van der Waals surface area contributed by atoms with Crippen molar-refractivity contribution in [2.24, 2.45) is 0 Å². The van der Waals surface area contributed by atoms with Gasteiger partial charge in [0, 0.05) is 17.7 Å². The molecule has 0 amide bonds. The number of thioether (sulfide) groups is 1. The Balaban J connectivity index is 1.72. The second kappa shape index (κ2) is 8.02. The summed E-state index contributed by atoms with van der Waals surface area (Å²) >= 11 is 1.40. The Morgan fingerprint density at radius 2 is 2.00 bits per heavy atom. The number of nitrogens with zero attached hydrogens (tertiary/aromatic N) is 3. The van der Waals surface area contributed by atoms with Crippen LogP contribution in [0.1, 0.15) is 19.2 Å². The molecule has 7 heteroatoms. The number of hydrogen-bond donors (Lipinski definition) is 1. The molecule has 0 fully saturated rings. The van der Waals surface area contributed by atoms with Gasteiger partial charge >= 0.3 is 5.97 Å². The third-order valence-corrected chi connectivity index (χ3v) is 4.73. The van der Waals surface area contributed by atoms with Gasteiger partial charge < -0.3 is 14.4 Å². The molecule has 0 bridgehead atoms. The lowest BCUT2D eigenvalue weighted by molar-refractivity contribution is -0.136. The van der Waals surface area contributed by atoms with E-state index in [0.717, 1.165) is 27.5 Å². The van der Waals surface area contributed by atoms with E-state index in [2.05, 4.69) is 10.2 Å². The van der Waals surface area contributed by atoms with E-state index in [4.69, 9.17) is 9.84 Å². The maximum Gasteiger partial charge on any atom is 0.304 e. The zero-order valence-corrected chi connectivity index (χ0v) is 14.7. The number of ether oxygens (including phenoxy) is 1. The van der Waals surface area contributed by atoms with Gasteiger partial charge in [-0.25, -0.2) is 0 Å². The van der Waals surface area contributed by atoms with Crippen molar-refractivity contribution in [3.63, 3.8) is 0 Å². The molecule has 6 nitrogen and oxygen atoms in total. The summed E-state index contributed by atoms with van der Waals surface area (Å²) in [4.78, 5) is 10.6. The molecule has 0 saturated heterocycles. The van der Waals surface area contributed by atoms with Gasteiger partial charge in [0.15, 0.2) is 11.0 Å². The third-order valence-electron chi connectivity index (χ3n) is 3.76. The Kier molecular flexibility index (Phi) is 5.55. The fourth-order valence-electron chi connectivity index (χ4n) is 2.54. The first kappa shape index (κ1) is 17.3. The molecule has 1 heterocycles. The maximum atomic E-state index is 10.6. The van der Waals surface area contributed by atoms with Crippen LogP contribution in [0, 0.1) is 0 Å². The average Bonchev–Trinajstić information content (AvgIpc) is 3.01. The van der Waals surface area contributed by atoms with Crippen LogP contribution in [0.25, 0.3) is 10.8 Å². The minimum atomic E-state index is -0.811. The lowest BCUT2D eigenvalue weighted by Crippen LogP contribution is -2.07. The summed E-state index contributed by atoms with van der Waals surface area (Å²) < 4.78 is 7.93. The highest BCUT2D eigenvalue weighted by molar-refractivity contribution is 7.99. The Labute approximate surface area is 149 Å². The standard InChI is InChI=1S/C18H19N3O3S/c1-2-21-16(19-20-18(21)25-11-10-17(22)23)12-24-15-9-5-7-13-6-3-4-8-14(13)15/h3-9H,2,10-12H2,1H3,(H,22,23). The molecule has 0 aliphatic heterocycles. The lowest BCUT2D eigenvalue weighted by Gasteiger charge is -2.10. The van der Waals surface area contributed by atoms with Crippen molar-refractivity contribution in [2.45, 2.75) is 31.7 Å². The molecular weight excluding hydrogens is 338 g/mol. The van der Waals surface area contributed by atoms with Gasteiger partial charge in [0.25, 0.3) is 0 Å². The molecular formula is C18H19N3O3S. The van der Waals surface area contributed by atoms with Crippen LogP contribution in [0.3, 0.4) is 0 Å². The van der Waals surface area contributed by atoms with Crippen molar-refractivity contribution in [1.29, 1.82) is 0 Å². The summed E-state index contributed by atoms with van der Waals surface area (Å²) in [5, 5.41) is 20.0. The number of hydrogen-bond acceptors (Lipinski definition) is 5. The average molecular weight is 357 g/mol. The van der Waals surface area contributed by atoms with E-state index in [1.807, 2.05) is 54.0 Å². The van der Waals surface area contributed by atoms with Gasteiger partial charge in [-0.1, -0.05) is 48.2 Å². The Morgan fingerprint density at radius 3 is 2.80 bits per heavy atom. The van der Waals surface area contributed by atoms with Crippen LogP contribution in [-0.4, -0.2) is 31.6 Å². The van der Waals surface area contributed by atoms with Crippen molar-refractivity contribution in [3.8, 4) is 5.75 Å². The minimum Gasteiger partial charge on any atom is -0.485 e. The Morgan fingerprint density at radius 1 is 1.20 bits per heavy atom. The molecule has 1 N–H and O–H groups in total. The van der Waals surface area contributed by atoms with Crippen molar-refractivity contribution < 1.29 is 14.6 Å². The quantitative estimate of drug-likeness (QED) is 0.621. The van der Waals surface area contributed by atoms with Crippen LogP contribution >= 0.6 is 11.8 Å². The van der Waals surface area contributed by atoms with Crippen LogP contribution in [-0.2, 0) is 17.9 Å². The van der Waals surface area contributed by atoms with E-state index in [1.54, 1.807) is 0 Å². The summed E-state index contributed by atoms with van der Waals surface area (Å²) in [5.41, 5.74) is 0. The number of rotatable bonds is 8. The Hall–Kier alpha value is -2.54. The number of carboxylic acids is 1. The minimum absolute atomic E-state index is 0.100. The molecule has 0 aliphatic rings. The van der Waals surface area contributed by atoms with Crippen molar-refractivity contribution in [2.75, 3.05) is 5.75 Å². The topological polar surface area (TPSA) is 77.2 Å². The van der Waals surface area contributed by atoms with Crippen LogP contribution in [0.15, 0.2) is 47.6 Å². The van der Waals surface area contributed by atoms with Gasteiger partial charge in [0.2, 0.25) is 0 Å². The first-order chi connectivity index (χ1) is 12.2. The molecule has 0 saturated carbocycles. The number of carboxylic acid groups (broad SMARTS) is 1. The van der Waals surface area contributed by atoms with Crippen LogP contribution in [0.4, 0.5) is 0 Å². The molecule has 0 spiro atoms. The fraction of sp³-hybridized carbons (Fsp3) is 0.278. The monoisotopic (exact) mass is 357 g/mol. The van der Waals surface area contributed by atoms with Crippen molar-refractivity contribution in [1.82, 2.24) is 14.8 Å². The number of carbonyl (C=O) groups is 1. The van der Waals surface area contributed by atoms with E-state index in [0.29, 0.717) is 18.9 Å². The summed E-state index contributed by atoms with van der Waals surface area (Å²) in [6.07, 6.45) is 0.100. The van der Waals surface area contributed by atoms with Gasteiger partial charge in [-0.15, -0.1) is 10.2 Å². The smallest absolute Gasteiger partial charge is 0.304 e. The second-order valence-corrected chi connectivity index (χ2v) is 6.46. The van der Waals surface area contributed by atoms with E-state index < -0.39 is 5.97 Å². The van der Waals surface area contributed by atoms with Gasteiger partial charge in [0.1, 0.15) is 12.4 Å². The van der Waals surface area contributed by atoms with E-state index in [9.17, 15) is 4.79 Å². The molecule has 130 valence electrons. The van der Waals surface area contributed by atoms with Crippen molar-refractivity contribution in [3.05, 3.63) is 48.3 Å². The third kappa shape index (κ3) is 4.11. The molecule has 0 unspecified atom stereocenters. The largest absolute Gasteiger partial charge is 0.485 e. The number of aromatic nitrogens is 3. The zero-order valence-electron chi connectivity index (χ0n) is 13.9. The Bertz CT molecular complexity index is 874. The lowest BCUT2D eigenvalue weighted by atomic mass is 10.1. The highest BCUT2D eigenvalue weighted by Crippen LogP contribution is 2.26. The second-order valence-electron chi connectivity index (χ2n) is 5.40. The van der Waals surface area contributed by atoms with Gasteiger partial charge in [-0.05, 0) is 18.4 Å². The molecule has 1 aromatic heterocycles. The van der Waals surface area contributed by atoms with E-state index in [1.165, 1.54) is 11.8 Å². The normalized spacial score (nSPS) is 10.9. The first-order valence-corrected chi connectivity index (χ1v) is 9.05. The molecule has 0 radical (unpaired) electrons. The van der Waals surface area contributed by atoms with Crippen LogP contribution < -0.4 is 4.74 Å². The molecule has 0 aliphatic carbocycles. The molecule has 3 aromatic rings. The predicted octanol–water partition coefficient (Wildman–Crippen LogP) is 3.60. The van der Waals surface area contributed by atoms with Crippen molar-refractivity contribution >= 4 is 28.5 Å². The van der Waals surface area contributed by atoms with Gasteiger partial charge in [0.05, 0.1) is 6.42 Å². The molecule has 0 atom stereocenters. The zero-order chi connectivity index (χ0) is 17.6. The fourth-order valence-corrected chi connectivity index (χ4v) is 3.49. The SMILES string of the molecule is CCn1c(COc2cccc3ccccc23)nnc1SCCC(=O)O. The molecule has 2 aromatic carbocycles. The highest BCUT2D eigenvalue weighted by Gasteiger charge is 2.13. The summed E-state index contributed by atoms with van der Waals surface area (Å²) in [5.74, 6) is 1.20. The molecule has 3 rings (SSSR count). The maximum absolute atomic E-state index is 10.6. The summed E-state index contributed by atoms with van der Waals surface area (Å²) in [6.45, 7) is 3.02. The number of fused-ring (bicyclic) bond motifs is 1. The van der Waals surface area contributed by atoms with Gasteiger partial charge in [-0.3, -0.25) is 4.79 Å². The molecule has 25 heavy (non-hydrogen) atoms. The van der Waals surface area contributed by atoms with E-state index in [-0.39, 0.29) is 6.42 Å². The summed E-state index contributed by atoms with van der Waals surface area (Å²) in [7, 11) is 0. The van der Waals surface area contributed by atoms with E-state index >= 15 is 0 Å². The van der Waals surface area contributed by atoms with Crippen LogP contribution in [0.5, 0.6) is 5.75 Å². The predicted molar refractivity (Wildman–Crippen MR) is 97.0 cm³/mol. The summed E-state index contributed by atoms with van der Waals surface area (Å²) in [6, 6.07) is 14.0. The number of benzene rings is 2. The van der Waals surface area contributed by atoms with Crippen LogP contribution in [0.2, 0.25) is 0 Å². The number of aliphatic carboxylic acids is 1. The first-order valence-electron chi connectivity index (χ1n) is 8.06. The van der Waals surface area contributed by atoms with Gasteiger partial charge in [-0.2, -0.15) is 0 Å².